The summed E-state index contributed by atoms with van der Waals surface area (Å²) >= 11 is 0. The molecule has 2 heteroatoms. The molecule has 0 aliphatic carbocycles. The molecule has 1 aromatic rings. The second-order valence-electron chi connectivity index (χ2n) is 6.05. The molecule has 113 valence electrons. The minimum absolute atomic E-state index is 0.662. The first-order chi connectivity index (χ1) is 9.52. The first kappa shape index (κ1) is 16.9. The van der Waals surface area contributed by atoms with Crippen LogP contribution in [0.5, 0.6) is 11.5 Å². The Bertz CT molecular complexity index is 383. The second kappa shape index (κ2) is 8.89. The van der Waals surface area contributed by atoms with Gasteiger partial charge in [-0.15, -0.1) is 0 Å². The zero-order chi connectivity index (χ0) is 15.0. The lowest BCUT2D eigenvalue weighted by Gasteiger charge is -2.14. The summed E-state index contributed by atoms with van der Waals surface area (Å²) in [7, 11) is 0. The fourth-order valence-electron chi connectivity index (χ4n) is 1.79. The quantitative estimate of drug-likeness (QED) is 0.624. The number of benzene rings is 1. The van der Waals surface area contributed by atoms with Gasteiger partial charge in [0.05, 0.1) is 13.2 Å². The Kier molecular flexibility index (Phi) is 7.50. The van der Waals surface area contributed by atoms with E-state index < -0.39 is 0 Å². The molecule has 1 aromatic carbocycles. The molecule has 0 aliphatic heterocycles. The molecule has 0 aromatic heterocycles. The monoisotopic (exact) mass is 277 g/mol. The second-order valence-corrected chi connectivity index (χ2v) is 6.05. The molecule has 0 spiro atoms. The van der Waals surface area contributed by atoms with Crippen molar-refractivity contribution in [3.05, 3.63) is 30.2 Å². The smallest absolute Gasteiger partial charge is 0.126 e. The summed E-state index contributed by atoms with van der Waals surface area (Å²) < 4.78 is 11.7. The van der Waals surface area contributed by atoms with Gasteiger partial charge in [-0.05, 0) is 42.7 Å². The average Bonchev–Trinajstić information content (AvgIpc) is 2.38. The largest absolute Gasteiger partial charge is 0.493 e. The Morgan fingerprint density at radius 1 is 0.950 bits per heavy atom. The van der Waals surface area contributed by atoms with Crippen molar-refractivity contribution in [1.29, 1.82) is 0 Å². The molecule has 0 saturated carbocycles. The highest BCUT2D eigenvalue weighted by Gasteiger charge is 2.06. The van der Waals surface area contributed by atoms with Crippen molar-refractivity contribution in [2.45, 2.75) is 47.5 Å². The van der Waals surface area contributed by atoms with Crippen molar-refractivity contribution in [2.24, 2.45) is 11.8 Å². The minimum atomic E-state index is 0.662. The van der Waals surface area contributed by atoms with Gasteiger partial charge in [0, 0.05) is 6.07 Å². The van der Waals surface area contributed by atoms with E-state index >= 15 is 0 Å². The van der Waals surface area contributed by atoms with Gasteiger partial charge in [0.15, 0.2) is 0 Å². The van der Waals surface area contributed by atoms with Gasteiger partial charge in [0.2, 0.25) is 0 Å². The molecule has 2 nitrogen and oxygen atoms in total. The van der Waals surface area contributed by atoms with Gasteiger partial charge in [-0.1, -0.05) is 40.7 Å². The number of hydrogen-bond acceptors (Lipinski definition) is 2. The molecule has 0 N–H and O–H groups in total. The van der Waals surface area contributed by atoms with Crippen molar-refractivity contribution in [2.75, 3.05) is 13.2 Å². The molecule has 0 aliphatic rings. The highest BCUT2D eigenvalue weighted by atomic mass is 16.5. The summed E-state index contributed by atoms with van der Waals surface area (Å²) in [5.41, 5.74) is 1.13. The van der Waals surface area contributed by atoms with Crippen LogP contribution in [-0.2, 0) is 0 Å². The normalized spacial score (nSPS) is 11.2. The van der Waals surface area contributed by atoms with Crippen LogP contribution in [0.25, 0.3) is 0 Å². The summed E-state index contributed by atoms with van der Waals surface area (Å²) in [4.78, 5) is 0. The summed E-state index contributed by atoms with van der Waals surface area (Å²) in [5, 5.41) is 0. The SMILES string of the molecule is C[CH]c1ccc(OCCC(C)C)cc1OCCC(C)C. The maximum absolute atomic E-state index is 5.90. The van der Waals surface area contributed by atoms with Gasteiger partial charge < -0.3 is 9.47 Å². The zero-order valence-corrected chi connectivity index (χ0v) is 13.6. The Morgan fingerprint density at radius 2 is 1.55 bits per heavy atom. The summed E-state index contributed by atoms with van der Waals surface area (Å²) in [6.45, 7) is 12.4. The van der Waals surface area contributed by atoms with Crippen molar-refractivity contribution in [3.8, 4) is 11.5 Å². The maximum atomic E-state index is 5.90. The third kappa shape index (κ3) is 6.31. The summed E-state index contributed by atoms with van der Waals surface area (Å²) in [6.07, 6.45) is 4.22. The molecular formula is C18H29O2. The Balaban J connectivity index is 2.60. The van der Waals surface area contributed by atoms with E-state index in [9.17, 15) is 0 Å². The maximum Gasteiger partial charge on any atom is 0.126 e. The lowest BCUT2D eigenvalue weighted by molar-refractivity contribution is 0.275. The van der Waals surface area contributed by atoms with Crippen LogP contribution >= 0.6 is 0 Å². The van der Waals surface area contributed by atoms with Gasteiger partial charge in [-0.25, -0.2) is 0 Å². The van der Waals surface area contributed by atoms with Crippen LogP contribution in [0.4, 0.5) is 0 Å². The molecule has 0 bridgehead atoms. The Hall–Kier alpha value is -1.18. The fourth-order valence-corrected chi connectivity index (χ4v) is 1.79. The zero-order valence-electron chi connectivity index (χ0n) is 13.6. The van der Waals surface area contributed by atoms with Gasteiger partial charge in [0.1, 0.15) is 11.5 Å². The Labute approximate surface area is 124 Å². The highest BCUT2D eigenvalue weighted by Crippen LogP contribution is 2.26. The van der Waals surface area contributed by atoms with Gasteiger partial charge in [-0.3, -0.25) is 0 Å². The molecule has 0 atom stereocenters. The van der Waals surface area contributed by atoms with E-state index in [2.05, 4.69) is 40.2 Å². The van der Waals surface area contributed by atoms with E-state index in [0.29, 0.717) is 11.8 Å². The molecule has 0 unspecified atom stereocenters. The topological polar surface area (TPSA) is 18.5 Å². The predicted molar refractivity (Wildman–Crippen MR) is 85.4 cm³/mol. The average molecular weight is 277 g/mol. The van der Waals surface area contributed by atoms with Crippen molar-refractivity contribution >= 4 is 0 Å². The van der Waals surface area contributed by atoms with E-state index in [1.54, 1.807) is 0 Å². The van der Waals surface area contributed by atoms with Crippen LogP contribution in [0.1, 0.15) is 53.0 Å². The fraction of sp³-hybridized carbons (Fsp3) is 0.611. The molecule has 20 heavy (non-hydrogen) atoms. The first-order valence-corrected chi connectivity index (χ1v) is 7.72. The minimum Gasteiger partial charge on any atom is -0.493 e. The van der Waals surface area contributed by atoms with E-state index in [4.69, 9.17) is 9.47 Å². The van der Waals surface area contributed by atoms with Crippen LogP contribution in [0.3, 0.4) is 0 Å². The van der Waals surface area contributed by atoms with Crippen LogP contribution in [-0.4, -0.2) is 13.2 Å². The molecule has 0 amide bonds. The lowest BCUT2D eigenvalue weighted by atomic mass is 10.1. The molecule has 0 fully saturated rings. The van der Waals surface area contributed by atoms with Gasteiger partial charge in [-0.2, -0.15) is 0 Å². The summed E-state index contributed by atoms with van der Waals surface area (Å²) in [5.74, 6) is 3.15. The predicted octanol–water partition coefficient (Wildman–Crippen LogP) is 5.11. The van der Waals surface area contributed by atoms with Crippen LogP contribution < -0.4 is 9.47 Å². The third-order valence-electron chi connectivity index (χ3n) is 3.21. The molecule has 0 heterocycles. The van der Waals surface area contributed by atoms with Gasteiger partial charge in [0.25, 0.3) is 0 Å². The summed E-state index contributed by atoms with van der Waals surface area (Å²) in [6, 6.07) is 6.09. The highest BCUT2D eigenvalue weighted by molar-refractivity contribution is 5.44. The standard InChI is InChI=1S/C18H29O2/c1-6-16-7-8-17(19-11-9-14(2)3)13-18(16)20-12-10-15(4)5/h6-8,13-15H,9-12H2,1-5H3. The van der Waals surface area contributed by atoms with E-state index in [-0.39, 0.29) is 0 Å². The van der Waals surface area contributed by atoms with Crippen LogP contribution in [0.2, 0.25) is 0 Å². The molecule has 1 rings (SSSR count). The molecule has 1 radical (unpaired) electrons. The molecular weight excluding hydrogens is 248 g/mol. The number of hydrogen-bond donors (Lipinski definition) is 0. The van der Waals surface area contributed by atoms with E-state index in [0.717, 1.165) is 43.1 Å². The number of ether oxygens (including phenoxy) is 2. The first-order valence-electron chi connectivity index (χ1n) is 7.72. The van der Waals surface area contributed by atoms with E-state index in [1.165, 1.54) is 0 Å². The third-order valence-corrected chi connectivity index (χ3v) is 3.21. The van der Waals surface area contributed by atoms with Crippen molar-refractivity contribution < 1.29 is 9.47 Å². The van der Waals surface area contributed by atoms with Gasteiger partial charge >= 0.3 is 0 Å². The number of rotatable bonds is 9. The lowest BCUT2D eigenvalue weighted by Crippen LogP contribution is -2.04. The van der Waals surface area contributed by atoms with Crippen molar-refractivity contribution in [3.63, 3.8) is 0 Å². The Morgan fingerprint density at radius 3 is 2.10 bits per heavy atom. The van der Waals surface area contributed by atoms with Crippen LogP contribution in [0.15, 0.2) is 18.2 Å². The molecule has 0 saturated heterocycles. The van der Waals surface area contributed by atoms with E-state index in [1.807, 2.05) is 19.1 Å². The van der Waals surface area contributed by atoms with Crippen molar-refractivity contribution in [1.82, 2.24) is 0 Å². The van der Waals surface area contributed by atoms with Crippen LogP contribution in [0, 0.1) is 18.3 Å².